The molecular formula is C19H16O. The van der Waals surface area contributed by atoms with Crippen molar-refractivity contribution in [3.8, 4) is 0 Å². The maximum atomic E-state index is 10.5. The van der Waals surface area contributed by atoms with Crippen molar-refractivity contribution < 1.29 is 5.11 Å². The van der Waals surface area contributed by atoms with Crippen molar-refractivity contribution >= 4 is 32.3 Å². The summed E-state index contributed by atoms with van der Waals surface area (Å²) in [4.78, 5) is 0. The Hall–Kier alpha value is -2.12. The molecule has 1 N–H and O–H groups in total. The van der Waals surface area contributed by atoms with E-state index in [1.807, 2.05) is 13.8 Å². The predicted molar refractivity (Wildman–Crippen MR) is 85.4 cm³/mol. The van der Waals surface area contributed by atoms with Crippen LogP contribution >= 0.6 is 0 Å². The second kappa shape index (κ2) is 3.71. The largest absolute Gasteiger partial charge is 0.386 e. The first kappa shape index (κ1) is 11.7. The Morgan fingerprint density at radius 3 is 2.05 bits per heavy atom. The van der Waals surface area contributed by atoms with Crippen LogP contribution in [-0.4, -0.2) is 5.11 Å². The molecule has 0 saturated heterocycles. The van der Waals surface area contributed by atoms with E-state index < -0.39 is 5.60 Å². The Morgan fingerprint density at radius 1 is 0.750 bits per heavy atom. The van der Waals surface area contributed by atoms with Crippen molar-refractivity contribution in [1.82, 2.24) is 0 Å². The van der Waals surface area contributed by atoms with E-state index >= 15 is 0 Å². The highest BCUT2D eigenvalue weighted by atomic mass is 16.3. The minimum atomic E-state index is -0.843. The molecule has 0 amide bonds. The molecule has 0 aliphatic carbocycles. The second-order valence-electron chi connectivity index (χ2n) is 6.03. The van der Waals surface area contributed by atoms with Gasteiger partial charge in [-0.05, 0) is 57.8 Å². The van der Waals surface area contributed by atoms with Gasteiger partial charge in [-0.2, -0.15) is 0 Å². The Labute approximate surface area is 117 Å². The fraction of sp³-hybridized carbons (Fsp3) is 0.158. The highest BCUT2D eigenvalue weighted by molar-refractivity contribution is 6.23. The lowest BCUT2D eigenvalue weighted by atomic mass is 9.86. The summed E-state index contributed by atoms with van der Waals surface area (Å²) in [5, 5.41) is 17.9. The van der Waals surface area contributed by atoms with E-state index in [9.17, 15) is 5.11 Å². The summed E-state index contributed by atoms with van der Waals surface area (Å²) in [5.74, 6) is 0. The molecule has 98 valence electrons. The molecular weight excluding hydrogens is 244 g/mol. The summed E-state index contributed by atoms with van der Waals surface area (Å²) in [7, 11) is 0. The Morgan fingerprint density at radius 2 is 1.35 bits per heavy atom. The van der Waals surface area contributed by atoms with Crippen LogP contribution in [0.15, 0.2) is 54.6 Å². The topological polar surface area (TPSA) is 20.2 Å². The molecule has 0 radical (unpaired) electrons. The van der Waals surface area contributed by atoms with Crippen LogP contribution < -0.4 is 0 Å². The molecule has 0 aliphatic rings. The van der Waals surface area contributed by atoms with Gasteiger partial charge in [0, 0.05) is 0 Å². The molecule has 0 fully saturated rings. The minimum absolute atomic E-state index is 0.843. The van der Waals surface area contributed by atoms with Gasteiger partial charge in [0.25, 0.3) is 0 Å². The smallest absolute Gasteiger partial charge is 0.0846 e. The highest BCUT2D eigenvalue weighted by Crippen LogP contribution is 2.39. The van der Waals surface area contributed by atoms with Crippen LogP contribution in [0.2, 0.25) is 0 Å². The molecule has 0 unspecified atom stereocenters. The van der Waals surface area contributed by atoms with Crippen LogP contribution in [0.25, 0.3) is 32.3 Å². The molecule has 0 aliphatic heterocycles. The Balaban J connectivity index is 2.37. The van der Waals surface area contributed by atoms with Gasteiger partial charge < -0.3 is 5.11 Å². The molecule has 0 saturated carbocycles. The van der Waals surface area contributed by atoms with E-state index in [1.165, 1.54) is 26.9 Å². The molecule has 20 heavy (non-hydrogen) atoms. The lowest BCUT2D eigenvalue weighted by molar-refractivity contribution is 0.0803. The van der Waals surface area contributed by atoms with Gasteiger partial charge in [0.05, 0.1) is 5.60 Å². The predicted octanol–water partition coefficient (Wildman–Crippen LogP) is 4.81. The van der Waals surface area contributed by atoms with E-state index in [0.717, 1.165) is 10.9 Å². The van der Waals surface area contributed by atoms with Crippen LogP contribution in [0.1, 0.15) is 19.4 Å². The number of aliphatic hydroxyl groups is 1. The minimum Gasteiger partial charge on any atom is -0.386 e. The van der Waals surface area contributed by atoms with Gasteiger partial charge in [-0.3, -0.25) is 0 Å². The zero-order valence-corrected chi connectivity index (χ0v) is 11.6. The zero-order valence-electron chi connectivity index (χ0n) is 11.6. The van der Waals surface area contributed by atoms with Crippen molar-refractivity contribution in [3.63, 3.8) is 0 Å². The summed E-state index contributed by atoms with van der Waals surface area (Å²) in [5.41, 5.74) is 0.151. The van der Waals surface area contributed by atoms with Crippen LogP contribution in [0, 0.1) is 0 Å². The van der Waals surface area contributed by atoms with Crippen molar-refractivity contribution in [2.24, 2.45) is 0 Å². The lowest BCUT2D eigenvalue weighted by Crippen LogP contribution is -2.16. The molecule has 0 aromatic heterocycles. The van der Waals surface area contributed by atoms with Crippen LogP contribution in [0.5, 0.6) is 0 Å². The summed E-state index contributed by atoms with van der Waals surface area (Å²) in [6.45, 7) is 3.71. The summed E-state index contributed by atoms with van der Waals surface area (Å²) in [6, 6.07) is 19.1. The number of hydrogen-bond donors (Lipinski definition) is 1. The van der Waals surface area contributed by atoms with E-state index in [1.54, 1.807) is 0 Å². The van der Waals surface area contributed by atoms with Crippen LogP contribution in [0.3, 0.4) is 0 Å². The maximum absolute atomic E-state index is 10.5. The normalized spacial score (nSPS) is 12.8. The molecule has 1 heteroatoms. The fourth-order valence-corrected chi connectivity index (χ4v) is 3.27. The van der Waals surface area contributed by atoms with Crippen molar-refractivity contribution in [3.05, 3.63) is 60.2 Å². The first-order chi connectivity index (χ1) is 9.55. The van der Waals surface area contributed by atoms with Gasteiger partial charge in [-0.25, -0.2) is 0 Å². The Bertz CT molecular complexity index is 929. The third-order valence-corrected chi connectivity index (χ3v) is 4.17. The average molecular weight is 260 g/mol. The van der Waals surface area contributed by atoms with E-state index in [2.05, 4.69) is 54.6 Å². The average Bonchev–Trinajstić information content (AvgIpc) is 2.43. The van der Waals surface area contributed by atoms with Crippen LogP contribution in [0.4, 0.5) is 0 Å². The molecule has 0 bridgehead atoms. The van der Waals surface area contributed by atoms with Gasteiger partial charge in [0.15, 0.2) is 0 Å². The number of rotatable bonds is 1. The zero-order chi connectivity index (χ0) is 13.9. The summed E-state index contributed by atoms with van der Waals surface area (Å²) >= 11 is 0. The molecule has 0 spiro atoms. The summed E-state index contributed by atoms with van der Waals surface area (Å²) in [6.07, 6.45) is 0. The van der Waals surface area contributed by atoms with Gasteiger partial charge in [-0.15, -0.1) is 0 Å². The molecule has 0 atom stereocenters. The lowest BCUT2D eigenvalue weighted by Gasteiger charge is -2.22. The first-order valence-electron chi connectivity index (χ1n) is 6.95. The second-order valence-corrected chi connectivity index (χ2v) is 6.03. The van der Waals surface area contributed by atoms with E-state index in [-0.39, 0.29) is 0 Å². The Kier molecular flexibility index (Phi) is 2.17. The third-order valence-electron chi connectivity index (χ3n) is 4.17. The van der Waals surface area contributed by atoms with Gasteiger partial charge >= 0.3 is 0 Å². The summed E-state index contributed by atoms with van der Waals surface area (Å²) < 4.78 is 0. The SMILES string of the molecule is CC(C)(O)c1cc2cccc3ccc4cccc1c4c32. The number of benzene rings is 4. The molecule has 4 aromatic rings. The molecule has 1 nitrogen and oxygen atoms in total. The van der Waals surface area contributed by atoms with Gasteiger partial charge in [-0.1, -0.05) is 48.5 Å². The molecule has 0 heterocycles. The van der Waals surface area contributed by atoms with Crippen molar-refractivity contribution in [1.29, 1.82) is 0 Å². The standard InChI is InChI=1S/C19H16O/c1-19(2,20)16-11-14-7-3-5-12-9-10-13-6-4-8-15(16)18(13)17(12)14/h3-11,20H,1-2H3. The van der Waals surface area contributed by atoms with Crippen molar-refractivity contribution in [2.75, 3.05) is 0 Å². The quantitative estimate of drug-likeness (QED) is 0.487. The molecule has 4 aromatic carbocycles. The van der Waals surface area contributed by atoms with Gasteiger partial charge in [0.2, 0.25) is 0 Å². The van der Waals surface area contributed by atoms with E-state index in [0.29, 0.717) is 0 Å². The van der Waals surface area contributed by atoms with E-state index in [4.69, 9.17) is 0 Å². The number of hydrogen-bond acceptors (Lipinski definition) is 1. The molecule has 4 rings (SSSR count). The van der Waals surface area contributed by atoms with Crippen molar-refractivity contribution in [2.45, 2.75) is 19.4 Å². The van der Waals surface area contributed by atoms with Gasteiger partial charge in [0.1, 0.15) is 0 Å². The third kappa shape index (κ3) is 1.47. The fourth-order valence-electron chi connectivity index (χ4n) is 3.27. The maximum Gasteiger partial charge on any atom is 0.0846 e. The monoisotopic (exact) mass is 260 g/mol. The van der Waals surface area contributed by atoms with Crippen LogP contribution in [-0.2, 0) is 5.60 Å². The first-order valence-corrected chi connectivity index (χ1v) is 6.95. The highest BCUT2D eigenvalue weighted by Gasteiger charge is 2.21.